The Balaban J connectivity index is 1.81. The van der Waals surface area contributed by atoms with Crippen molar-refractivity contribution in [3.63, 3.8) is 0 Å². The number of pyridine rings is 1. The van der Waals surface area contributed by atoms with E-state index in [1.165, 1.54) is 11.6 Å². The highest BCUT2D eigenvalue weighted by molar-refractivity contribution is 5.94. The minimum absolute atomic E-state index is 0.0373. The number of rotatable bonds is 5. The van der Waals surface area contributed by atoms with Crippen LogP contribution in [0.15, 0.2) is 47.3 Å². The molecule has 26 heavy (non-hydrogen) atoms. The molecule has 0 aliphatic carbocycles. The first-order valence-corrected chi connectivity index (χ1v) is 9.27. The van der Waals surface area contributed by atoms with Crippen LogP contribution in [-0.4, -0.2) is 53.4 Å². The Morgan fingerprint density at radius 3 is 2.54 bits per heavy atom. The van der Waals surface area contributed by atoms with Crippen LogP contribution in [0.25, 0.3) is 0 Å². The predicted molar refractivity (Wildman–Crippen MR) is 104 cm³/mol. The molecule has 1 fully saturated rings. The smallest absolute Gasteiger partial charge is 0.254 e. The molecule has 0 saturated carbocycles. The SMILES string of the molecule is Cc1cc(C(=O)N(CCc2ccccc2)C2CCN(C)CC2)cc(=O)[nH]1. The van der Waals surface area contributed by atoms with Crippen LogP contribution in [0.2, 0.25) is 0 Å². The number of carbonyl (C=O) groups excluding carboxylic acids is 1. The number of amides is 1. The van der Waals surface area contributed by atoms with E-state index in [1.54, 1.807) is 6.07 Å². The second-order valence-electron chi connectivity index (χ2n) is 7.18. The topological polar surface area (TPSA) is 56.4 Å². The van der Waals surface area contributed by atoms with Gasteiger partial charge >= 0.3 is 0 Å². The maximum atomic E-state index is 13.2. The van der Waals surface area contributed by atoms with Gasteiger partial charge in [0.25, 0.3) is 5.91 Å². The molecule has 0 bridgehead atoms. The Kier molecular flexibility index (Phi) is 5.89. The van der Waals surface area contributed by atoms with Gasteiger partial charge in [0, 0.05) is 29.9 Å². The molecule has 1 aromatic carbocycles. The third-order valence-electron chi connectivity index (χ3n) is 5.10. The van der Waals surface area contributed by atoms with Crippen LogP contribution in [0.4, 0.5) is 0 Å². The maximum absolute atomic E-state index is 13.2. The van der Waals surface area contributed by atoms with Gasteiger partial charge in [-0.3, -0.25) is 9.59 Å². The number of aryl methyl sites for hydroxylation is 1. The third kappa shape index (κ3) is 4.61. The number of H-pyrrole nitrogens is 1. The Bertz CT molecular complexity index is 792. The molecule has 2 aromatic rings. The van der Waals surface area contributed by atoms with Gasteiger partial charge in [-0.05, 0) is 58.0 Å². The molecule has 1 amide bonds. The van der Waals surface area contributed by atoms with Gasteiger partial charge < -0.3 is 14.8 Å². The Morgan fingerprint density at radius 2 is 1.88 bits per heavy atom. The Hall–Kier alpha value is -2.40. The largest absolute Gasteiger partial charge is 0.335 e. The standard InChI is InChI=1S/C21H27N3O2/c1-16-14-18(15-20(25)22-16)21(26)24(19-9-11-23(2)12-10-19)13-8-17-6-4-3-5-7-17/h3-7,14-15,19H,8-13H2,1-2H3,(H,22,25). The minimum atomic E-state index is -0.222. The summed E-state index contributed by atoms with van der Waals surface area (Å²) in [6.45, 7) is 4.47. The number of carbonyl (C=O) groups is 1. The van der Waals surface area contributed by atoms with Crippen molar-refractivity contribution < 1.29 is 4.79 Å². The zero-order valence-corrected chi connectivity index (χ0v) is 15.6. The number of aromatic amines is 1. The molecule has 0 unspecified atom stereocenters. The van der Waals surface area contributed by atoms with Crippen molar-refractivity contribution in [1.29, 1.82) is 0 Å². The molecule has 3 rings (SSSR count). The van der Waals surface area contributed by atoms with Gasteiger partial charge in [0.1, 0.15) is 0 Å². The van der Waals surface area contributed by atoms with Gasteiger partial charge in [0.15, 0.2) is 0 Å². The van der Waals surface area contributed by atoms with E-state index >= 15 is 0 Å². The highest BCUT2D eigenvalue weighted by atomic mass is 16.2. The number of piperidine rings is 1. The lowest BCUT2D eigenvalue weighted by atomic mass is 10.0. The van der Waals surface area contributed by atoms with Crippen LogP contribution < -0.4 is 5.56 Å². The van der Waals surface area contributed by atoms with Gasteiger partial charge in [-0.2, -0.15) is 0 Å². The number of hydrogen-bond acceptors (Lipinski definition) is 3. The van der Waals surface area contributed by atoms with Gasteiger partial charge in [0.05, 0.1) is 0 Å². The third-order valence-corrected chi connectivity index (χ3v) is 5.10. The van der Waals surface area contributed by atoms with E-state index in [-0.39, 0.29) is 17.5 Å². The normalized spacial score (nSPS) is 15.8. The van der Waals surface area contributed by atoms with E-state index in [9.17, 15) is 9.59 Å². The van der Waals surface area contributed by atoms with E-state index in [0.29, 0.717) is 17.8 Å². The van der Waals surface area contributed by atoms with Crippen molar-refractivity contribution >= 4 is 5.91 Å². The second kappa shape index (κ2) is 8.32. The predicted octanol–water partition coefficient (Wildman–Crippen LogP) is 2.46. The van der Waals surface area contributed by atoms with Crippen LogP contribution in [0.3, 0.4) is 0 Å². The molecule has 1 aliphatic rings. The highest BCUT2D eigenvalue weighted by Gasteiger charge is 2.27. The maximum Gasteiger partial charge on any atom is 0.254 e. The van der Waals surface area contributed by atoms with E-state index in [4.69, 9.17) is 0 Å². The van der Waals surface area contributed by atoms with Crippen LogP contribution >= 0.6 is 0 Å². The number of nitrogens with zero attached hydrogens (tertiary/aromatic N) is 2. The summed E-state index contributed by atoms with van der Waals surface area (Å²) in [5, 5.41) is 0. The molecule has 138 valence electrons. The van der Waals surface area contributed by atoms with E-state index in [0.717, 1.165) is 32.4 Å². The van der Waals surface area contributed by atoms with E-state index in [1.807, 2.05) is 30.0 Å². The summed E-state index contributed by atoms with van der Waals surface area (Å²) < 4.78 is 0. The molecule has 0 spiro atoms. The fourth-order valence-electron chi connectivity index (χ4n) is 3.62. The second-order valence-corrected chi connectivity index (χ2v) is 7.18. The first kappa shape index (κ1) is 18.4. The summed E-state index contributed by atoms with van der Waals surface area (Å²) in [4.78, 5) is 32.0. The molecule has 5 nitrogen and oxygen atoms in total. The van der Waals surface area contributed by atoms with Crippen molar-refractivity contribution in [2.24, 2.45) is 0 Å². The summed E-state index contributed by atoms with van der Waals surface area (Å²) in [7, 11) is 2.12. The number of nitrogens with one attached hydrogen (secondary N) is 1. The van der Waals surface area contributed by atoms with Gasteiger partial charge in [-0.25, -0.2) is 0 Å². The van der Waals surface area contributed by atoms with Crippen molar-refractivity contribution in [3.8, 4) is 0 Å². The van der Waals surface area contributed by atoms with Crippen LogP contribution in [-0.2, 0) is 6.42 Å². The fraction of sp³-hybridized carbons (Fsp3) is 0.429. The molecule has 1 aromatic heterocycles. The molecule has 1 aliphatic heterocycles. The van der Waals surface area contributed by atoms with Crippen molar-refractivity contribution in [2.75, 3.05) is 26.7 Å². The first-order valence-electron chi connectivity index (χ1n) is 9.27. The molecule has 1 N–H and O–H groups in total. The average molecular weight is 353 g/mol. The number of benzene rings is 1. The molecule has 5 heteroatoms. The lowest BCUT2D eigenvalue weighted by Gasteiger charge is -2.37. The van der Waals surface area contributed by atoms with Gasteiger partial charge in [-0.15, -0.1) is 0 Å². The van der Waals surface area contributed by atoms with Crippen molar-refractivity contribution in [3.05, 3.63) is 69.6 Å². The zero-order valence-electron chi connectivity index (χ0n) is 15.6. The molecular formula is C21H27N3O2. The molecule has 1 saturated heterocycles. The van der Waals surface area contributed by atoms with E-state index < -0.39 is 0 Å². The Labute approximate surface area is 154 Å². The average Bonchev–Trinajstić information content (AvgIpc) is 2.63. The lowest BCUT2D eigenvalue weighted by Crippen LogP contribution is -2.47. The number of hydrogen-bond donors (Lipinski definition) is 1. The lowest BCUT2D eigenvalue weighted by molar-refractivity contribution is 0.0594. The van der Waals surface area contributed by atoms with Crippen LogP contribution in [0.5, 0.6) is 0 Å². The quantitative estimate of drug-likeness (QED) is 0.898. The molecular weight excluding hydrogens is 326 g/mol. The minimum Gasteiger partial charge on any atom is -0.335 e. The highest BCUT2D eigenvalue weighted by Crippen LogP contribution is 2.19. The monoisotopic (exact) mass is 353 g/mol. The first-order chi connectivity index (χ1) is 12.5. The Morgan fingerprint density at radius 1 is 1.19 bits per heavy atom. The fourth-order valence-corrected chi connectivity index (χ4v) is 3.62. The van der Waals surface area contributed by atoms with E-state index in [2.05, 4.69) is 29.1 Å². The van der Waals surface area contributed by atoms with Gasteiger partial charge in [0.2, 0.25) is 5.56 Å². The number of aromatic nitrogens is 1. The molecule has 0 radical (unpaired) electrons. The molecule has 0 atom stereocenters. The summed E-state index contributed by atoms with van der Waals surface area (Å²) in [6.07, 6.45) is 2.76. The van der Waals surface area contributed by atoms with Crippen LogP contribution in [0, 0.1) is 6.92 Å². The van der Waals surface area contributed by atoms with Gasteiger partial charge in [-0.1, -0.05) is 30.3 Å². The summed E-state index contributed by atoms with van der Waals surface area (Å²) in [6, 6.07) is 13.6. The number of likely N-dealkylation sites (tertiary alicyclic amines) is 1. The zero-order chi connectivity index (χ0) is 18.5. The summed E-state index contributed by atoms with van der Waals surface area (Å²) >= 11 is 0. The summed E-state index contributed by atoms with van der Waals surface area (Å²) in [5.41, 5.74) is 2.20. The summed E-state index contributed by atoms with van der Waals surface area (Å²) in [5.74, 6) is -0.0373. The molecule has 2 heterocycles. The van der Waals surface area contributed by atoms with Crippen molar-refractivity contribution in [1.82, 2.24) is 14.8 Å². The van der Waals surface area contributed by atoms with Crippen molar-refractivity contribution in [2.45, 2.75) is 32.2 Å². The van der Waals surface area contributed by atoms with Crippen LogP contribution in [0.1, 0.15) is 34.5 Å².